The van der Waals surface area contributed by atoms with Gasteiger partial charge in [-0.3, -0.25) is 9.69 Å². The summed E-state index contributed by atoms with van der Waals surface area (Å²) in [5.74, 6) is 0.491. The summed E-state index contributed by atoms with van der Waals surface area (Å²) in [7, 11) is 0. The van der Waals surface area contributed by atoms with Gasteiger partial charge in [0.2, 0.25) is 0 Å². The molecule has 24 heavy (non-hydrogen) atoms. The van der Waals surface area contributed by atoms with E-state index in [9.17, 15) is 4.79 Å². The zero-order valence-electron chi connectivity index (χ0n) is 14.1. The number of piperidine rings is 1. The van der Waals surface area contributed by atoms with E-state index in [4.69, 9.17) is 4.74 Å². The molecular weight excluding hydrogens is 320 g/mol. The molecule has 0 amide bonds. The van der Waals surface area contributed by atoms with Crippen LogP contribution in [0.4, 0.5) is 0 Å². The third kappa shape index (κ3) is 4.65. The SMILES string of the molecule is CCOC(=O)Cc1ncc(CN2CCC(c3ccccc3)CC2)s1. The van der Waals surface area contributed by atoms with Gasteiger partial charge in [0.25, 0.3) is 0 Å². The van der Waals surface area contributed by atoms with Crippen LogP contribution in [0.15, 0.2) is 36.5 Å². The molecule has 1 aromatic heterocycles. The standard InChI is InChI=1S/C19H24N2O2S/c1-2-23-19(22)12-18-20-13-17(24-18)14-21-10-8-16(9-11-21)15-6-4-3-5-7-15/h3-7,13,16H,2,8-12,14H2,1H3. The lowest BCUT2D eigenvalue weighted by molar-refractivity contribution is -0.142. The Kier molecular flexibility index (Phi) is 5.99. The molecule has 1 aliphatic rings. The second kappa shape index (κ2) is 8.40. The predicted molar refractivity (Wildman–Crippen MR) is 96.1 cm³/mol. The number of aromatic nitrogens is 1. The number of benzene rings is 1. The quantitative estimate of drug-likeness (QED) is 0.751. The van der Waals surface area contributed by atoms with Crippen LogP contribution in [0.5, 0.6) is 0 Å². The third-order valence-corrected chi connectivity index (χ3v) is 5.42. The van der Waals surface area contributed by atoms with Gasteiger partial charge >= 0.3 is 5.97 Å². The maximum absolute atomic E-state index is 11.5. The average molecular weight is 344 g/mol. The largest absolute Gasteiger partial charge is 0.466 e. The first kappa shape index (κ1) is 17.1. The van der Waals surface area contributed by atoms with Gasteiger partial charge in [0, 0.05) is 17.6 Å². The van der Waals surface area contributed by atoms with Gasteiger partial charge in [0.1, 0.15) is 5.01 Å². The van der Waals surface area contributed by atoms with Crippen molar-refractivity contribution in [1.29, 1.82) is 0 Å². The van der Waals surface area contributed by atoms with Crippen molar-refractivity contribution in [2.45, 2.75) is 38.6 Å². The topological polar surface area (TPSA) is 42.4 Å². The first-order valence-corrected chi connectivity index (χ1v) is 9.42. The molecule has 1 saturated heterocycles. The maximum atomic E-state index is 11.5. The number of carbonyl (C=O) groups is 1. The number of likely N-dealkylation sites (tertiary alicyclic amines) is 1. The number of ether oxygens (including phenoxy) is 1. The van der Waals surface area contributed by atoms with Gasteiger partial charge in [-0.25, -0.2) is 4.98 Å². The van der Waals surface area contributed by atoms with Gasteiger partial charge in [0.15, 0.2) is 0 Å². The molecule has 0 atom stereocenters. The van der Waals surface area contributed by atoms with Crippen molar-refractivity contribution in [2.24, 2.45) is 0 Å². The Morgan fingerprint density at radius 2 is 2.04 bits per heavy atom. The first-order valence-electron chi connectivity index (χ1n) is 8.61. The second-order valence-corrected chi connectivity index (χ2v) is 7.36. The van der Waals surface area contributed by atoms with Crippen molar-refractivity contribution in [1.82, 2.24) is 9.88 Å². The van der Waals surface area contributed by atoms with E-state index in [-0.39, 0.29) is 12.4 Å². The number of thiazole rings is 1. The van der Waals surface area contributed by atoms with E-state index in [1.165, 1.54) is 23.3 Å². The fraction of sp³-hybridized carbons (Fsp3) is 0.474. The molecule has 2 heterocycles. The fourth-order valence-corrected chi connectivity index (χ4v) is 4.16. The van der Waals surface area contributed by atoms with Crippen molar-refractivity contribution >= 4 is 17.3 Å². The number of hydrogen-bond acceptors (Lipinski definition) is 5. The van der Waals surface area contributed by atoms with Gasteiger partial charge in [-0.15, -0.1) is 11.3 Å². The van der Waals surface area contributed by atoms with Crippen molar-refractivity contribution in [2.75, 3.05) is 19.7 Å². The number of rotatable bonds is 6. The fourth-order valence-electron chi connectivity index (χ4n) is 3.21. The molecule has 1 aromatic carbocycles. The number of hydrogen-bond donors (Lipinski definition) is 0. The van der Waals surface area contributed by atoms with Crippen LogP contribution in [0.25, 0.3) is 0 Å². The lowest BCUT2D eigenvalue weighted by Gasteiger charge is -2.31. The highest BCUT2D eigenvalue weighted by Crippen LogP contribution is 2.29. The molecule has 0 spiro atoms. The van der Waals surface area contributed by atoms with Crippen LogP contribution in [0, 0.1) is 0 Å². The number of esters is 1. The Balaban J connectivity index is 1.48. The van der Waals surface area contributed by atoms with E-state index < -0.39 is 0 Å². The molecule has 0 unspecified atom stereocenters. The third-order valence-electron chi connectivity index (χ3n) is 4.44. The molecule has 4 nitrogen and oxygen atoms in total. The summed E-state index contributed by atoms with van der Waals surface area (Å²) >= 11 is 1.62. The van der Waals surface area contributed by atoms with Crippen molar-refractivity contribution in [3.05, 3.63) is 52.0 Å². The van der Waals surface area contributed by atoms with Crippen LogP contribution in [0.3, 0.4) is 0 Å². The van der Waals surface area contributed by atoms with E-state index in [0.717, 1.165) is 24.6 Å². The molecule has 2 aromatic rings. The van der Waals surface area contributed by atoms with Crippen molar-refractivity contribution in [3.63, 3.8) is 0 Å². The van der Waals surface area contributed by atoms with E-state index >= 15 is 0 Å². The van der Waals surface area contributed by atoms with Crippen molar-refractivity contribution < 1.29 is 9.53 Å². The molecule has 1 aliphatic heterocycles. The van der Waals surface area contributed by atoms with Gasteiger partial charge in [-0.1, -0.05) is 30.3 Å². The van der Waals surface area contributed by atoms with Crippen LogP contribution in [-0.2, 0) is 22.5 Å². The summed E-state index contributed by atoms with van der Waals surface area (Å²) in [5, 5.41) is 0.850. The maximum Gasteiger partial charge on any atom is 0.312 e. The van der Waals surface area contributed by atoms with Crippen LogP contribution in [0.1, 0.15) is 41.1 Å². The molecule has 0 radical (unpaired) electrons. The molecular formula is C19H24N2O2S. The van der Waals surface area contributed by atoms with E-state index in [1.54, 1.807) is 11.3 Å². The highest BCUT2D eigenvalue weighted by atomic mass is 32.1. The van der Waals surface area contributed by atoms with Crippen LogP contribution >= 0.6 is 11.3 Å². The monoisotopic (exact) mass is 344 g/mol. The van der Waals surface area contributed by atoms with E-state index in [1.807, 2.05) is 13.1 Å². The molecule has 1 fully saturated rings. The average Bonchev–Trinajstić information content (AvgIpc) is 3.03. The Morgan fingerprint density at radius 3 is 2.75 bits per heavy atom. The first-order chi connectivity index (χ1) is 11.7. The van der Waals surface area contributed by atoms with Crippen LogP contribution in [0.2, 0.25) is 0 Å². The highest BCUT2D eigenvalue weighted by molar-refractivity contribution is 7.11. The summed E-state index contributed by atoms with van der Waals surface area (Å²) < 4.78 is 4.98. The summed E-state index contributed by atoms with van der Waals surface area (Å²) in [6, 6.07) is 10.8. The van der Waals surface area contributed by atoms with Crippen LogP contribution < -0.4 is 0 Å². The second-order valence-electron chi connectivity index (χ2n) is 6.16. The molecule has 0 bridgehead atoms. The highest BCUT2D eigenvalue weighted by Gasteiger charge is 2.21. The Hall–Kier alpha value is -1.72. The minimum Gasteiger partial charge on any atom is -0.466 e. The zero-order valence-corrected chi connectivity index (χ0v) is 14.9. The smallest absolute Gasteiger partial charge is 0.312 e. The minimum absolute atomic E-state index is 0.193. The number of carbonyl (C=O) groups excluding carboxylic acids is 1. The predicted octanol–water partition coefficient (Wildman–Crippen LogP) is 3.63. The van der Waals surface area contributed by atoms with Gasteiger partial charge in [-0.2, -0.15) is 0 Å². The van der Waals surface area contributed by atoms with Gasteiger partial charge < -0.3 is 4.74 Å². The number of nitrogens with zero attached hydrogens (tertiary/aromatic N) is 2. The Morgan fingerprint density at radius 1 is 1.29 bits per heavy atom. The van der Waals surface area contributed by atoms with Crippen LogP contribution in [-0.4, -0.2) is 35.5 Å². The molecule has 0 N–H and O–H groups in total. The van der Waals surface area contributed by atoms with Gasteiger partial charge in [-0.05, 0) is 44.3 Å². The lowest BCUT2D eigenvalue weighted by Crippen LogP contribution is -2.32. The van der Waals surface area contributed by atoms with Crippen molar-refractivity contribution in [3.8, 4) is 0 Å². The lowest BCUT2D eigenvalue weighted by atomic mass is 9.89. The molecule has 5 heteroatoms. The molecule has 3 rings (SSSR count). The molecule has 0 aliphatic carbocycles. The Labute approximate surface area is 147 Å². The summed E-state index contributed by atoms with van der Waals surface area (Å²) in [5.41, 5.74) is 1.46. The van der Waals surface area contributed by atoms with E-state index in [0.29, 0.717) is 12.5 Å². The summed E-state index contributed by atoms with van der Waals surface area (Å²) in [6.45, 7) is 5.41. The zero-order chi connectivity index (χ0) is 16.8. The molecule has 128 valence electrons. The normalized spacial score (nSPS) is 16.2. The summed E-state index contributed by atoms with van der Waals surface area (Å²) in [4.78, 5) is 19.6. The van der Waals surface area contributed by atoms with E-state index in [2.05, 4.69) is 40.2 Å². The Bertz CT molecular complexity index is 648. The van der Waals surface area contributed by atoms with Gasteiger partial charge in [0.05, 0.1) is 13.0 Å². The molecule has 0 saturated carbocycles. The summed E-state index contributed by atoms with van der Waals surface area (Å²) in [6.07, 6.45) is 4.61. The minimum atomic E-state index is -0.193.